The first-order valence-electron chi connectivity index (χ1n) is 9.39. The van der Waals surface area contributed by atoms with Gasteiger partial charge >= 0.3 is 0 Å². The second-order valence-corrected chi connectivity index (χ2v) is 8.95. The summed E-state index contributed by atoms with van der Waals surface area (Å²) in [6, 6.07) is 7.79. The van der Waals surface area contributed by atoms with E-state index in [-0.39, 0.29) is 42.5 Å². The molecule has 3 amide bonds. The number of carbonyl (C=O) groups is 3. The number of hydrogen-bond acceptors (Lipinski definition) is 5. The number of fused-ring (bicyclic) bond motifs is 1. The molecule has 1 N–H and O–H groups in total. The van der Waals surface area contributed by atoms with Crippen molar-refractivity contribution in [3.63, 3.8) is 0 Å². The summed E-state index contributed by atoms with van der Waals surface area (Å²) < 4.78 is 0.962. The SMILES string of the molecule is O=C(CCN1C(=O)C2CCCCC2C1=O)Nc1nc(-c2cccc(Br)c2)cs1. The summed E-state index contributed by atoms with van der Waals surface area (Å²) in [5.41, 5.74) is 1.75. The van der Waals surface area contributed by atoms with Crippen molar-refractivity contribution in [1.82, 2.24) is 9.88 Å². The molecule has 146 valence electrons. The number of nitrogens with one attached hydrogen (secondary N) is 1. The molecule has 2 unspecified atom stereocenters. The second kappa shape index (κ2) is 8.13. The number of anilines is 1. The first kappa shape index (κ1) is 19.3. The molecule has 1 aliphatic carbocycles. The van der Waals surface area contributed by atoms with Gasteiger partial charge in [-0.15, -0.1) is 11.3 Å². The zero-order valence-electron chi connectivity index (χ0n) is 15.2. The number of benzene rings is 1. The summed E-state index contributed by atoms with van der Waals surface area (Å²) in [5.74, 6) is -0.792. The van der Waals surface area contributed by atoms with Crippen LogP contribution in [0.2, 0.25) is 0 Å². The molecule has 2 aliphatic rings. The van der Waals surface area contributed by atoms with Gasteiger partial charge in [0.05, 0.1) is 17.5 Å². The fraction of sp³-hybridized carbons (Fsp3) is 0.400. The van der Waals surface area contributed by atoms with E-state index in [1.807, 2.05) is 29.6 Å². The third-order valence-corrected chi connectivity index (χ3v) is 6.62. The molecule has 0 bridgehead atoms. The van der Waals surface area contributed by atoms with E-state index in [2.05, 4.69) is 26.2 Å². The first-order chi connectivity index (χ1) is 13.5. The summed E-state index contributed by atoms with van der Waals surface area (Å²) in [4.78, 5) is 43.0. The van der Waals surface area contributed by atoms with Gasteiger partial charge < -0.3 is 5.32 Å². The molecule has 2 aromatic rings. The molecular formula is C20H20BrN3O3S. The minimum atomic E-state index is -0.245. The van der Waals surface area contributed by atoms with Gasteiger partial charge in [-0.3, -0.25) is 19.3 Å². The molecule has 1 aliphatic heterocycles. The second-order valence-electron chi connectivity index (χ2n) is 7.17. The van der Waals surface area contributed by atoms with Gasteiger partial charge in [0.1, 0.15) is 0 Å². The van der Waals surface area contributed by atoms with Gasteiger partial charge in [-0.25, -0.2) is 4.98 Å². The number of thiazole rings is 1. The van der Waals surface area contributed by atoms with Crippen LogP contribution >= 0.6 is 27.3 Å². The largest absolute Gasteiger partial charge is 0.302 e. The van der Waals surface area contributed by atoms with E-state index >= 15 is 0 Å². The van der Waals surface area contributed by atoms with Gasteiger partial charge in [-0.2, -0.15) is 0 Å². The minimum Gasteiger partial charge on any atom is -0.302 e. The average Bonchev–Trinajstić information content (AvgIpc) is 3.24. The van der Waals surface area contributed by atoms with Gasteiger partial charge in [-0.1, -0.05) is 40.9 Å². The third kappa shape index (κ3) is 3.89. The molecule has 2 atom stereocenters. The van der Waals surface area contributed by atoms with Gasteiger partial charge in [0.2, 0.25) is 17.7 Å². The predicted octanol–water partition coefficient (Wildman–Crippen LogP) is 4.08. The lowest BCUT2D eigenvalue weighted by Crippen LogP contribution is -2.34. The number of likely N-dealkylation sites (tertiary alicyclic amines) is 1. The Balaban J connectivity index is 1.34. The standard InChI is InChI=1S/C20H20BrN3O3S/c21-13-5-3-4-12(10-13)16-11-28-20(22-16)23-17(25)8-9-24-18(26)14-6-1-2-7-15(14)19(24)27/h3-5,10-11,14-15H,1-2,6-9H2,(H,22,23,25). The lowest BCUT2D eigenvalue weighted by molar-refractivity contribution is -0.140. The van der Waals surface area contributed by atoms with Gasteiger partial charge in [-0.05, 0) is 25.0 Å². The summed E-state index contributed by atoms with van der Waals surface area (Å²) >= 11 is 4.79. The highest BCUT2D eigenvalue weighted by Gasteiger charge is 2.47. The normalized spacial score (nSPS) is 21.7. The maximum Gasteiger partial charge on any atom is 0.233 e. The zero-order valence-corrected chi connectivity index (χ0v) is 17.6. The van der Waals surface area contributed by atoms with E-state index < -0.39 is 0 Å². The van der Waals surface area contributed by atoms with Gasteiger partial charge in [0.15, 0.2) is 5.13 Å². The Bertz CT molecular complexity index is 905. The van der Waals surface area contributed by atoms with E-state index in [0.717, 1.165) is 41.4 Å². The fourth-order valence-corrected chi connectivity index (χ4v) is 5.09. The molecule has 2 fully saturated rings. The number of nitrogens with zero attached hydrogens (tertiary/aromatic N) is 2. The maximum absolute atomic E-state index is 12.5. The smallest absolute Gasteiger partial charge is 0.233 e. The Labute approximate surface area is 175 Å². The van der Waals surface area contributed by atoms with Crippen LogP contribution in [0, 0.1) is 11.8 Å². The van der Waals surface area contributed by atoms with Crippen molar-refractivity contribution in [2.24, 2.45) is 11.8 Å². The lowest BCUT2D eigenvalue weighted by atomic mass is 9.81. The first-order valence-corrected chi connectivity index (χ1v) is 11.1. The molecule has 28 heavy (non-hydrogen) atoms. The number of amides is 3. The monoisotopic (exact) mass is 461 g/mol. The van der Waals surface area contributed by atoms with E-state index in [1.165, 1.54) is 16.2 Å². The van der Waals surface area contributed by atoms with Crippen molar-refractivity contribution in [3.8, 4) is 11.3 Å². The molecule has 2 heterocycles. The number of imide groups is 1. The highest BCUT2D eigenvalue weighted by molar-refractivity contribution is 9.10. The van der Waals surface area contributed by atoms with Crippen LogP contribution < -0.4 is 5.32 Å². The van der Waals surface area contributed by atoms with Crippen molar-refractivity contribution in [2.75, 3.05) is 11.9 Å². The molecule has 6 nitrogen and oxygen atoms in total. The van der Waals surface area contributed by atoms with E-state index in [9.17, 15) is 14.4 Å². The third-order valence-electron chi connectivity index (χ3n) is 5.37. The van der Waals surface area contributed by atoms with Crippen LogP contribution in [-0.2, 0) is 14.4 Å². The van der Waals surface area contributed by atoms with Gasteiger partial charge in [0.25, 0.3) is 0 Å². The Morgan fingerprint density at radius 1 is 1.21 bits per heavy atom. The number of halogens is 1. The highest BCUT2D eigenvalue weighted by atomic mass is 79.9. The molecule has 4 rings (SSSR count). The average molecular weight is 462 g/mol. The fourth-order valence-electron chi connectivity index (χ4n) is 3.96. The van der Waals surface area contributed by atoms with Crippen LogP contribution in [0.15, 0.2) is 34.1 Å². The molecule has 8 heteroatoms. The Kier molecular flexibility index (Phi) is 5.59. The van der Waals surface area contributed by atoms with E-state index in [1.54, 1.807) is 0 Å². The molecule has 1 aromatic heterocycles. The van der Waals surface area contributed by atoms with Gasteiger partial charge in [0, 0.05) is 28.4 Å². The Morgan fingerprint density at radius 2 is 1.93 bits per heavy atom. The predicted molar refractivity (Wildman–Crippen MR) is 111 cm³/mol. The maximum atomic E-state index is 12.5. The molecule has 1 saturated carbocycles. The number of rotatable bonds is 5. The molecule has 1 aromatic carbocycles. The van der Waals surface area contributed by atoms with Crippen molar-refractivity contribution in [2.45, 2.75) is 32.1 Å². The number of carbonyl (C=O) groups excluding carboxylic acids is 3. The summed E-state index contributed by atoms with van der Waals surface area (Å²) in [5, 5.41) is 5.16. The van der Waals surface area contributed by atoms with Crippen molar-refractivity contribution in [3.05, 3.63) is 34.1 Å². The molecule has 0 spiro atoms. The minimum absolute atomic E-state index is 0.0860. The van der Waals surface area contributed by atoms with E-state index in [4.69, 9.17) is 0 Å². The molecule has 0 radical (unpaired) electrons. The Hall–Kier alpha value is -2.06. The summed E-state index contributed by atoms with van der Waals surface area (Å²) in [7, 11) is 0. The van der Waals surface area contributed by atoms with Crippen LogP contribution in [0.3, 0.4) is 0 Å². The summed E-state index contributed by atoms with van der Waals surface area (Å²) in [6.07, 6.45) is 3.66. The summed E-state index contributed by atoms with van der Waals surface area (Å²) in [6.45, 7) is 0.139. The Morgan fingerprint density at radius 3 is 2.61 bits per heavy atom. The topological polar surface area (TPSA) is 79.4 Å². The van der Waals surface area contributed by atoms with Crippen molar-refractivity contribution < 1.29 is 14.4 Å². The van der Waals surface area contributed by atoms with Crippen LogP contribution in [-0.4, -0.2) is 34.2 Å². The van der Waals surface area contributed by atoms with Crippen molar-refractivity contribution >= 4 is 50.1 Å². The zero-order chi connectivity index (χ0) is 19.7. The van der Waals surface area contributed by atoms with Crippen LogP contribution in [0.25, 0.3) is 11.3 Å². The number of aromatic nitrogens is 1. The van der Waals surface area contributed by atoms with E-state index in [0.29, 0.717) is 5.13 Å². The van der Waals surface area contributed by atoms with Crippen LogP contribution in [0.1, 0.15) is 32.1 Å². The van der Waals surface area contributed by atoms with Crippen LogP contribution in [0.4, 0.5) is 5.13 Å². The molecule has 1 saturated heterocycles. The number of hydrogen-bond donors (Lipinski definition) is 1. The van der Waals surface area contributed by atoms with Crippen molar-refractivity contribution in [1.29, 1.82) is 0 Å². The van der Waals surface area contributed by atoms with Crippen LogP contribution in [0.5, 0.6) is 0 Å². The lowest BCUT2D eigenvalue weighted by Gasteiger charge is -2.19. The molecular weight excluding hydrogens is 442 g/mol. The quantitative estimate of drug-likeness (QED) is 0.680. The highest BCUT2D eigenvalue weighted by Crippen LogP contribution is 2.38.